The van der Waals surface area contributed by atoms with Crippen LogP contribution in [-0.2, 0) is 13.1 Å². The first kappa shape index (κ1) is 16.4. The predicted molar refractivity (Wildman–Crippen MR) is 92.7 cm³/mol. The maximum atomic E-state index is 5.34. The highest BCUT2D eigenvalue weighted by Crippen LogP contribution is 2.17. The summed E-state index contributed by atoms with van der Waals surface area (Å²) in [6.07, 6.45) is 3.73. The van der Waals surface area contributed by atoms with E-state index in [1.54, 1.807) is 6.20 Å². The van der Waals surface area contributed by atoms with E-state index in [4.69, 9.17) is 4.52 Å². The predicted octanol–water partition coefficient (Wildman–Crippen LogP) is 2.77. The Bertz CT molecular complexity index is 763. The van der Waals surface area contributed by atoms with E-state index < -0.39 is 0 Å². The Hall–Kier alpha value is -2.44. The van der Waals surface area contributed by atoms with Gasteiger partial charge in [-0.25, -0.2) is 4.68 Å². The molecule has 3 rings (SSSR count). The van der Waals surface area contributed by atoms with Crippen LogP contribution in [0, 0.1) is 0 Å². The molecule has 1 atom stereocenters. The Morgan fingerprint density at radius 1 is 1.25 bits per heavy atom. The molecule has 0 radical (unpaired) electrons. The van der Waals surface area contributed by atoms with Gasteiger partial charge in [0.1, 0.15) is 0 Å². The van der Waals surface area contributed by atoms with E-state index >= 15 is 0 Å². The minimum Gasteiger partial charge on any atom is -0.360 e. The first-order valence-corrected chi connectivity index (χ1v) is 8.04. The SMILES string of the molecule is CC(NCc1cc(CN(C)C)on1)c1cccc(-n2cccn2)c1. The van der Waals surface area contributed by atoms with Crippen molar-refractivity contribution in [3.05, 3.63) is 65.8 Å². The van der Waals surface area contributed by atoms with Crippen LogP contribution >= 0.6 is 0 Å². The average Bonchev–Trinajstić information content (AvgIpc) is 3.24. The van der Waals surface area contributed by atoms with E-state index in [2.05, 4.69) is 45.6 Å². The molecule has 0 spiro atoms. The van der Waals surface area contributed by atoms with Crippen LogP contribution in [0.15, 0.2) is 53.3 Å². The molecule has 126 valence electrons. The minimum absolute atomic E-state index is 0.203. The van der Waals surface area contributed by atoms with Gasteiger partial charge in [0.2, 0.25) is 0 Å². The van der Waals surface area contributed by atoms with Gasteiger partial charge in [-0.3, -0.25) is 0 Å². The summed E-state index contributed by atoms with van der Waals surface area (Å²) >= 11 is 0. The molecule has 6 nitrogen and oxygen atoms in total. The molecule has 2 heterocycles. The second-order valence-electron chi connectivity index (χ2n) is 6.17. The van der Waals surface area contributed by atoms with Gasteiger partial charge in [-0.1, -0.05) is 17.3 Å². The molecule has 1 N–H and O–H groups in total. The summed E-state index contributed by atoms with van der Waals surface area (Å²) < 4.78 is 7.20. The van der Waals surface area contributed by atoms with E-state index in [0.29, 0.717) is 6.54 Å². The summed E-state index contributed by atoms with van der Waals surface area (Å²) in [5.41, 5.74) is 3.18. The lowest BCUT2D eigenvalue weighted by Crippen LogP contribution is -2.18. The van der Waals surface area contributed by atoms with Gasteiger partial charge in [-0.2, -0.15) is 5.10 Å². The third kappa shape index (κ3) is 4.10. The molecular formula is C18H23N5O. The van der Waals surface area contributed by atoms with Crippen molar-refractivity contribution in [1.29, 1.82) is 0 Å². The van der Waals surface area contributed by atoms with E-state index in [1.807, 2.05) is 43.2 Å². The molecule has 0 aliphatic heterocycles. The summed E-state index contributed by atoms with van der Waals surface area (Å²) in [5, 5.41) is 11.9. The zero-order valence-electron chi connectivity index (χ0n) is 14.3. The topological polar surface area (TPSA) is 59.1 Å². The summed E-state index contributed by atoms with van der Waals surface area (Å²) in [4.78, 5) is 2.06. The van der Waals surface area contributed by atoms with Gasteiger partial charge >= 0.3 is 0 Å². The Balaban J connectivity index is 1.62. The Morgan fingerprint density at radius 3 is 2.88 bits per heavy atom. The maximum Gasteiger partial charge on any atom is 0.150 e. The Labute approximate surface area is 142 Å². The van der Waals surface area contributed by atoms with Crippen LogP contribution in [0.25, 0.3) is 5.69 Å². The number of aromatic nitrogens is 3. The third-order valence-electron chi connectivity index (χ3n) is 3.81. The van der Waals surface area contributed by atoms with Crippen LogP contribution in [0.5, 0.6) is 0 Å². The van der Waals surface area contributed by atoms with Gasteiger partial charge < -0.3 is 14.7 Å². The van der Waals surface area contributed by atoms with Gasteiger partial charge in [0.15, 0.2) is 5.76 Å². The molecule has 0 saturated heterocycles. The molecular weight excluding hydrogens is 302 g/mol. The highest BCUT2D eigenvalue weighted by molar-refractivity contribution is 5.36. The largest absolute Gasteiger partial charge is 0.360 e. The summed E-state index contributed by atoms with van der Waals surface area (Å²) in [6, 6.07) is 12.5. The van der Waals surface area contributed by atoms with Crippen LogP contribution in [0.2, 0.25) is 0 Å². The van der Waals surface area contributed by atoms with E-state index in [1.165, 1.54) is 5.56 Å². The lowest BCUT2D eigenvalue weighted by Gasteiger charge is -2.14. The molecule has 1 aromatic carbocycles. The van der Waals surface area contributed by atoms with Crippen molar-refractivity contribution in [1.82, 2.24) is 25.2 Å². The van der Waals surface area contributed by atoms with Gasteiger partial charge in [0.05, 0.1) is 17.9 Å². The molecule has 24 heavy (non-hydrogen) atoms. The van der Waals surface area contributed by atoms with E-state index in [-0.39, 0.29) is 6.04 Å². The van der Waals surface area contributed by atoms with Crippen molar-refractivity contribution in [3.63, 3.8) is 0 Å². The zero-order valence-corrected chi connectivity index (χ0v) is 14.3. The molecule has 1 unspecified atom stereocenters. The highest BCUT2D eigenvalue weighted by atomic mass is 16.5. The molecule has 0 bridgehead atoms. The smallest absolute Gasteiger partial charge is 0.150 e. The van der Waals surface area contributed by atoms with Gasteiger partial charge in [-0.15, -0.1) is 0 Å². The standard InChI is InChI=1S/C18H23N5O/c1-14(19-12-16-11-18(24-21-16)13-22(2)3)15-6-4-7-17(10-15)23-9-5-8-20-23/h4-11,14,19H,12-13H2,1-3H3. The second-order valence-corrected chi connectivity index (χ2v) is 6.17. The van der Waals surface area contributed by atoms with Gasteiger partial charge in [0, 0.05) is 31.0 Å². The van der Waals surface area contributed by atoms with Gasteiger partial charge in [-0.05, 0) is 44.8 Å². The molecule has 0 amide bonds. The first-order chi connectivity index (χ1) is 11.6. The van der Waals surface area contributed by atoms with Crippen molar-refractivity contribution in [3.8, 4) is 5.69 Å². The summed E-state index contributed by atoms with van der Waals surface area (Å²) in [6.45, 7) is 3.57. The Kier molecular flexibility index (Phi) is 5.08. The van der Waals surface area contributed by atoms with E-state index in [9.17, 15) is 0 Å². The zero-order chi connectivity index (χ0) is 16.9. The number of hydrogen-bond donors (Lipinski definition) is 1. The van der Waals surface area contributed by atoms with Crippen molar-refractivity contribution >= 4 is 0 Å². The van der Waals surface area contributed by atoms with Crippen LogP contribution < -0.4 is 5.32 Å². The molecule has 3 aromatic rings. The van der Waals surface area contributed by atoms with Crippen LogP contribution in [0.4, 0.5) is 0 Å². The molecule has 0 aliphatic carbocycles. The second kappa shape index (κ2) is 7.42. The molecule has 6 heteroatoms. The van der Waals surface area contributed by atoms with Crippen LogP contribution in [0.3, 0.4) is 0 Å². The molecule has 2 aromatic heterocycles. The third-order valence-corrected chi connectivity index (χ3v) is 3.81. The number of nitrogens with zero attached hydrogens (tertiary/aromatic N) is 4. The number of benzene rings is 1. The van der Waals surface area contributed by atoms with Gasteiger partial charge in [0.25, 0.3) is 0 Å². The minimum atomic E-state index is 0.203. The van der Waals surface area contributed by atoms with Crippen molar-refractivity contribution < 1.29 is 4.52 Å². The number of hydrogen-bond acceptors (Lipinski definition) is 5. The van der Waals surface area contributed by atoms with Crippen molar-refractivity contribution in [2.75, 3.05) is 14.1 Å². The fourth-order valence-electron chi connectivity index (χ4n) is 2.56. The molecule has 0 fully saturated rings. The lowest BCUT2D eigenvalue weighted by molar-refractivity contribution is 0.307. The van der Waals surface area contributed by atoms with E-state index in [0.717, 1.165) is 23.7 Å². The number of nitrogens with one attached hydrogen (secondary N) is 1. The van der Waals surface area contributed by atoms with Crippen LogP contribution in [0.1, 0.15) is 30.0 Å². The van der Waals surface area contributed by atoms with Crippen LogP contribution in [-0.4, -0.2) is 33.9 Å². The quantitative estimate of drug-likeness (QED) is 0.724. The molecule has 0 aliphatic rings. The lowest BCUT2D eigenvalue weighted by atomic mass is 10.1. The monoisotopic (exact) mass is 325 g/mol. The van der Waals surface area contributed by atoms with Crippen molar-refractivity contribution in [2.24, 2.45) is 0 Å². The highest BCUT2D eigenvalue weighted by Gasteiger charge is 2.09. The summed E-state index contributed by atoms with van der Waals surface area (Å²) in [7, 11) is 4.02. The number of rotatable bonds is 7. The van der Waals surface area contributed by atoms with Crippen molar-refractivity contribution in [2.45, 2.75) is 26.1 Å². The summed E-state index contributed by atoms with van der Waals surface area (Å²) in [5.74, 6) is 0.880. The maximum absolute atomic E-state index is 5.34. The first-order valence-electron chi connectivity index (χ1n) is 8.04. The molecule has 0 saturated carbocycles. The normalized spacial score (nSPS) is 12.7. The fourth-order valence-corrected chi connectivity index (χ4v) is 2.56. The average molecular weight is 325 g/mol. The Morgan fingerprint density at radius 2 is 2.12 bits per heavy atom. The fraction of sp³-hybridized carbons (Fsp3) is 0.333.